The molecule has 13 heteroatoms. The maximum Gasteiger partial charge on any atom is 0.266 e. The zero-order valence-electron chi connectivity index (χ0n) is 24.2. The quantitative estimate of drug-likeness (QED) is 0.219. The number of aromatic nitrogens is 1. The molecule has 0 saturated carbocycles. The van der Waals surface area contributed by atoms with Crippen LogP contribution < -0.4 is 18.5 Å². The van der Waals surface area contributed by atoms with Crippen molar-refractivity contribution in [2.75, 3.05) is 77.3 Å². The molecule has 0 aliphatic carbocycles. The van der Waals surface area contributed by atoms with E-state index in [1.807, 2.05) is 12.1 Å². The molecule has 0 atom stereocenters. The zero-order chi connectivity index (χ0) is 30.1. The van der Waals surface area contributed by atoms with Gasteiger partial charge in [0.1, 0.15) is 9.22 Å². The number of thiocarbonyl (C=S) groups is 1. The molecule has 0 bridgehead atoms. The maximum atomic E-state index is 14.3. The molecule has 1 fully saturated rings. The van der Waals surface area contributed by atoms with E-state index in [1.54, 1.807) is 48.3 Å². The maximum absolute atomic E-state index is 14.3. The van der Waals surface area contributed by atoms with Crippen LogP contribution in [0.1, 0.15) is 12.8 Å². The summed E-state index contributed by atoms with van der Waals surface area (Å²) in [4.78, 5) is 8.96. The largest absolute Gasteiger partial charge is 0.493 e. The van der Waals surface area contributed by atoms with Gasteiger partial charge < -0.3 is 24.2 Å². The van der Waals surface area contributed by atoms with Gasteiger partial charge in [-0.15, -0.1) is 0 Å². The van der Waals surface area contributed by atoms with E-state index in [0.717, 1.165) is 48.1 Å². The van der Waals surface area contributed by atoms with Gasteiger partial charge in [-0.1, -0.05) is 42.2 Å². The molecule has 4 rings (SSSR count). The Balaban J connectivity index is 1.53. The Bertz CT molecular complexity index is 1430. The third-order valence-electron chi connectivity index (χ3n) is 7.13. The van der Waals surface area contributed by atoms with Gasteiger partial charge in [0.25, 0.3) is 10.0 Å². The van der Waals surface area contributed by atoms with Crippen LogP contribution in [0.4, 0.5) is 5.69 Å². The van der Waals surface area contributed by atoms with Gasteiger partial charge in [-0.2, -0.15) is 0 Å². The number of hydrogen-bond acceptors (Lipinski definition) is 10. The van der Waals surface area contributed by atoms with Crippen LogP contribution in [0, 0.1) is 0 Å². The fraction of sp³-hybridized carbons (Fsp3) is 0.448. The average molecular weight is 635 g/mol. The van der Waals surface area contributed by atoms with Crippen LogP contribution in [-0.4, -0.2) is 106 Å². The number of methoxy groups -OCH3 is 3. The van der Waals surface area contributed by atoms with E-state index in [0.29, 0.717) is 41.4 Å². The molecule has 0 unspecified atom stereocenters. The number of aliphatic hydroxyl groups is 1. The highest BCUT2D eigenvalue weighted by atomic mass is 32.2. The fourth-order valence-electron chi connectivity index (χ4n) is 4.91. The van der Waals surface area contributed by atoms with Crippen molar-refractivity contribution < 1.29 is 27.7 Å². The second-order valence-corrected chi connectivity index (χ2v) is 13.2. The van der Waals surface area contributed by atoms with Gasteiger partial charge in [-0.25, -0.2) is 8.42 Å². The summed E-state index contributed by atoms with van der Waals surface area (Å²) in [5, 5.41) is 9.90. The summed E-state index contributed by atoms with van der Waals surface area (Å²) in [5.41, 5.74) is 0.818. The molecule has 1 aliphatic heterocycles. The van der Waals surface area contributed by atoms with Gasteiger partial charge >= 0.3 is 0 Å². The molecule has 0 amide bonds. The smallest absolute Gasteiger partial charge is 0.266 e. The predicted molar refractivity (Wildman–Crippen MR) is 172 cm³/mol. The minimum absolute atomic E-state index is 0.130. The Morgan fingerprint density at radius 2 is 1.71 bits per heavy atom. The van der Waals surface area contributed by atoms with E-state index in [1.165, 1.54) is 25.6 Å². The number of aliphatic hydroxyl groups excluding tert-OH is 1. The summed E-state index contributed by atoms with van der Waals surface area (Å²) in [6, 6.07) is 12.1. The number of benzene rings is 2. The summed E-state index contributed by atoms with van der Waals surface area (Å²) in [6.45, 7) is 4.54. The third-order valence-corrected chi connectivity index (χ3v) is 10.6. The minimum atomic E-state index is -4.03. The van der Waals surface area contributed by atoms with Crippen LogP contribution in [0.5, 0.6) is 17.2 Å². The van der Waals surface area contributed by atoms with Crippen molar-refractivity contribution in [3.8, 4) is 17.2 Å². The Hall–Kier alpha value is -2.84. The number of rotatable bonds is 13. The van der Waals surface area contributed by atoms with Crippen molar-refractivity contribution in [1.29, 1.82) is 0 Å². The van der Waals surface area contributed by atoms with Crippen molar-refractivity contribution in [1.82, 2.24) is 14.8 Å². The van der Waals surface area contributed by atoms with Gasteiger partial charge in [0.05, 0.1) is 39.1 Å². The van der Waals surface area contributed by atoms with E-state index >= 15 is 0 Å². The molecule has 228 valence electrons. The van der Waals surface area contributed by atoms with Gasteiger partial charge in [0.15, 0.2) is 11.5 Å². The SMILES string of the molecule is COc1cc(N(CCCCSC(=S)N2CCN(CCO)CC2)S(=O)(=O)c2cccc3cccnc23)cc(OC)c1OC. The third kappa shape index (κ3) is 7.38. The number of anilines is 1. The Kier molecular flexibility index (Phi) is 11.5. The normalized spacial score (nSPS) is 14.1. The van der Waals surface area contributed by atoms with Crippen molar-refractivity contribution in [2.24, 2.45) is 0 Å². The van der Waals surface area contributed by atoms with E-state index < -0.39 is 10.0 Å². The van der Waals surface area contributed by atoms with Gasteiger partial charge in [0, 0.05) is 68.7 Å². The molecular weight excluding hydrogens is 597 g/mol. The number of ether oxygens (including phenoxy) is 3. The molecule has 1 N–H and O–H groups in total. The topological polar surface area (TPSA) is 105 Å². The number of β-amino-alcohol motifs (C(OH)–C–C–N with tert-alkyl or cyclic N) is 1. The van der Waals surface area contributed by atoms with E-state index in [4.69, 9.17) is 31.5 Å². The first-order valence-electron chi connectivity index (χ1n) is 13.8. The van der Waals surface area contributed by atoms with E-state index in [2.05, 4.69) is 14.8 Å². The van der Waals surface area contributed by atoms with Gasteiger partial charge in [-0.05, 0) is 25.0 Å². The first kappa shape index (κ1) is 32.1. The monoisotopic (exact) mass is 634 g/mol. The molecule has 2 heterocycles. The predicted octanol–water partition coefficient (Wildman–Crippen LogP) is 3.86. The molecule has 1 aromatic heterocycles. The number of fused-ring (bicyclic) bond motifs is 1. The highest BCUT2D eigenvalue weighted by Gasteiger charge is 2.29. The van der Waals surface area contributed by atoms with Gasteiger partial charge in [-0.3, -0.25) is 14.2 Å². The van der Waals surface area contributed by atoms with Crippen LogP contribution in [0.3, 0.4) is 0 Å². The number of para-hydroxylation sites is 1. The number of nitrogens with zero attached hydrogens (tertiary/aromatic N) is 4. The van der Waals surface area contributed by atoms with Crippen molar-refractivity contribution in [2.45, 2.75) is 17.7 Å². The molecular formula is C29H38N4O6S3. The lowest BCUT2D eigenvalue weighted by molar-refractivity contribution is 0.149. The lowest BCUT2D eigenvalue weighted by Crippen LogP contribution is -2.48. The number of hydrogen-bond donors (Lipinski definition) is 1. The summed E-state index contributed by atoms with van der Waals surface area (Å²) >= 11 is 7.29. The lowest BCUT2D eigenvalue weighted by Gasteiger charge is -2.35. The molecule has 0 spiro atoms. The Morgan fingerprint density at radius 1 is 1.02 bits per heavy atom. The molecule has 1 saturated heterocycles. The summed E-state index contributed by atoms with van der Waals surface area (Å²) in [6.07, 6.45) is 2.96. The summed E-state index contributed by atoms with van der Waals surface area (Å²) < 4.78 is 47.3. The average Bonchev–Trinajstić information content (AvgIpc) is 3.01. The molecule has 42 heavy (non-hydrogen) atoms. The lowest BCUT2D eigenvalue weighted by atomic mass is 10.2. The van der Waals surface area contributed by atoms with Crippen LogP contribution in [0.25, 0.3) is 10.9 Å². The first-order chi connectivity index (χ1) is 20.3. The second kappa shape index (κ2) is 15.1. The highest BCUT2D eigenvalue weighted by molar-refractivity contribution is 8.22. The van der Waals surface area contributed by atoms with Crippen molar-refractivity contribution in [3.05, 3.63) is 48.7 Å². The number of thioether (sulfide) groups is 1. The summed E-state index contributed by atoms with van der Waals surface area (Å²) in [7, 11) is 0.484. The van der Waals surface area contributed by atoms with Crippen molar-refractivity contribution in [3.63, 3.8) is 0 Å². The molecule has 2 aromatic carbocycles. The first-order valence-corrected chi connectivity index (χ1v) is 16.6. The molecule has 1 aliphatic rings. The molecule has 3 aromatic rings. The van der Waals surface area contributed by atoms with Crippen molar-refractivity contribution >= 4 is 54.9 Å². The van der Waals surface area contributed by atoms with E-state index in [-0.39, 0.29) is 18.0 Å². The fourth-order valence-corrected chi connectivity index (χ4v) is 7.88. The molecule has 0 radical (unpaired) electrons. The molecule has 10 nitrogen and oxygen atoms in total. The Morgan fingerprint density at radius 3 is 2.36 bits per heavy atom. The van der Waals surface area contributed by atoms with Crippen LogP contribution in [0.15, 0.2) is 53.6 Å². The highest BCUT2D eigenvalue weighted by Crippen LogP contribution is 2.42. The van der Waals surface area contributed by atoms with Gasteiger partial charge in [0.2, 0.25) is 5.75 Å². The zero-order valence-corrected chi connectivity index (χ0v) is 26.6. The summed E-state index contributed by atoms with van der Waals surface area (Å²) in [5.74, 6) is 1.88. The number of pyridine rings is 1. The van der Waals surface area contributed by atoms with Crippen LogP contribution >= 0.6 is 24.0 Å². The minimum Gasteiger partial charge on any atom is -0.493 e. The second-order valence-electron chi connectivity index (χ2n) is 9.67. The number of sulfonamides is 1. The number of unbranched alkanes of at least 4 members (excludes halogenated alkanes) is 1. The van der Waals surface area contributed by atoms with Crippen LogP contribution in [0.2, 0.25) is 0 Å². The van der Waals surface area contributed by atoms with E-state index in [9.17, 15) is 8.42 Å². The Labute approximate surface area is 257 Å². The number of piperazine rings is 1. The van der Waals surface area contributed by atoms with Crippen LogP contribution in [-0.2, 0) is 10.0 Å². The standard InChI is InChI=1S/C29H38N4O6S3/c1-37-24-20-23(21-25(38-2)28(24)39-3)33(42(35,36)26-10-6-8-22-9-7-11-30-27(22)26)12-4-5-19-41-29(40)32-15-13-31(14-16-32)17-18-34/h6-11,20-21,34H,4-5,12-19H2,1-3H3.